The fourth-order valence-corrected chi connectivity index (χ4v) is 4.07. The van der Waals surface area contributed by atoms with Gasteiger partial charge in [0.15, 0.2) is 24.0 Å². The zero-order chi connectivity index (χ0) is 23.2. The van der Waals surface area contributed by atoms with Crippen molar-refractivity contribution in [3.05, 3.63) is 100 Å². The van der Waals surface area contributed by atoms with E-state index >= 15 is 0 Å². The summed E-state index contributed by atoms with van der Waals surface area (Å²) in [5.41, 5.74) is 3.48. The number of aromatic nitrogens is 2. The number of hydrogen-bond acceptors (Lipinski definition) is 5. The van der Waals surface area contributed by atoms with E-state index in [1.54, 1.807) is 25.4 Å². The molecule has 0 spiro atoms. The quantitative estimate of drug-likeness (QED) is 0.234. The van der Waals surface area contributed by atoms with Gasteiger partial charge in [-0.05, 0) is 75.2 Å². The van der Waals surface area contributed by atoms with Crippen molar-refractivity contribution in [3.63, 3.8) is 0 Å². The average Bonchev–Trinajstić information content (AvgIpc) is 2.83. The molecule has 4 rings (SSSR count). The van der Waals surface area contributed by atoms with Crippen LogP contribution in [0.15, 0.2) is 66.2 Å². The van der Waals surface area contributed by atoms with Crippen molar-refractivity contribution in [1.82, 2.24) is 9.88 Å². The van der Waals surface area contributed by atoms with E-state index in [0.29, 0.717) is 35.9 Å². The van der Waals surface area contributed by atoms with Gasteiger partial charge >= 0.3 is 0 Å². The molecule has 0 saturated carbocycles. The maximum Gasteiger partial charge on any atom is 0.183 e. The summed E-state index contributed by atoms with van der Waals surface area (Å²) in [4.78, 5) is 12.1. The number of hydrogen-bond donors (Lipinski definition) is 0. The lowest BCUT2D eigenvalue weighted by Gasteiger charge is -2.31. The molecule has 33 heavy (non-hydrogen) atoms. The topological polar surface area (TPSA) is 64.7 Å². The van der Waals surface area contributed by atoms with Gasteiger partial charge in [0.05, 0.1) is 5.69 Å². The monoisotopic (exact) mass is 452 g/mol. The molecule has 3 heterocycles. The lowest BCUT2D eigenvalue weighted by Crippen LogP contribution is -2.33. The Bertz CT molecular complexity index is 1110. The largest absolute Gasteiger partial charge is 0.619 e. The van der Waals surface area contributed by atoms with Crippen molar-refractivity contribution in [3.8, 4) is 0 Å². The predicted molar refractivity (Wildman–Crippen MR) is 121 cm³/mol. The van der Waals surface area contributed by atoms with Crippen LogP contribution >= 0.6 is 0 Å². The number of piperidine rings is 1. The van der Waals surface area contributed by atoms with Crippen LogP contribution in [-0.4, -0.2) is 35.3 Å². The van der Waals surface area contributed by atoms with Gasteiger partial charge in [-0.25, -0.2) is 8.78 Å². The van der Waals surface area contributed by atoms with Gasteiger partial charge in [-0.15, -0.1) is 0 Å². The first-order valence-electron chi connectivity index (χ1n) is 11.0. The van der Waals surface area contributed by atoms with E-state index in [1.807, 2.05) is 18.2 Å². The summed E-state index contributed by atoms with van der Waals surface area (Å²) in [7, 11) is 0. The highest BCUT2D eigenvalue weighted by atomic mass is 19.2. The van der Waals surface area contributed by atoms with Crippen LogP contribution in [0.2, 0.25) is 0 Å². The second-order valence-corrected chi connectivity index (χ2v) is 8.07. The molecule has 1 aromatic carbocycles. The lowest BCUT2D eigenvalue weighted by molar-refractivity contribution is -0.606. The Hall–Kier alpha value is -3.39. The molecule has 8 heteroatoms. The van der Waals surface area contributed by atoms with Crippen molar-refractivity contribution in [2.45, 2.75) is 32.2 Å². The summed E-state index contributed by atoms with van der Waals surface area (Å²) in [5.74, 6) is -1.46. The highest BCUT2D eigenvalue weighted by molar-refractivity contribution is 6.12. The molecule has 1 fully saturated rings. The number of likely N-dealkylation sites (tertiary alicyclic amines) is 1. The van der Waals surface area contributed by atoms with Gasteiger partial charge in [0.25, 0.3) is 0 Å². The third kappa shape index (κ3) is 5.70. The second kappa shape index (κ2) is 10.5. The van der Waals surface area contributed by atoms with Crippen LogP contribution in [0.4, 0.5) is 8.78 Å². The van der Waals surface area contributed by atoms with Gasteiger partial charge in [-0.2, -0.15) is 4.73 Å². The lowest BCUT2D eigenvalue weighted by atomic mass is 9.90. The molecule has 1 aliphatic heterocycles. The SMILES string of the molecule is CCO/N=C(/c1ccc(CN2CCC(c3ccc[n+]([O-])c3)CC2)nc1)c1ccc(F)c(F)c1. The van der Waals surface area contributed by atoms with Crippen molar-refractivity contribution in [1.29, 1.82) is 0 Å². The van der Waals surface area contributed by atoms with E-state index < -0.39 is 11.6 Å². The van der Waals surface area contributed by atoms with Crippen LogP contribution < -0.4 is 4.73 Å². The Labute approximate surface area is 191 Å². The maximum atomic E-state index is 13.7. The van der Waals surface area contributed by atoms with Gasteiger partial charge in [-0.1, -0.05) is 5.16 Å². The number of benzene rings is 1. The van der Waals surface area contributed by atoms with E-state index in [2.05, 4.69) is 15.0 Å². The summed E-state index contributed by atoms with van der Waals surface area (Å²) < 4.78 is 28.0. The number of rotatable bonds is 7. The molecule has 1 saturated heterocycles. The van der Waals surface area contributed by atoms with Crippen molar-refractivity contribution in [2.75, 3.05) is 19.7 Å². The second-order valence-electron chi connectivity index (χ2n) is 8.07. The highest BCUT2D eigenvalue weighted by Gasteiger charge is 2.22. The fourth-order valence-electron chi connectivity index (χ4n) is 4.07. The van der Waals surface area contributed by atoms with E-state index in [1.165, 1.54) is 12.3 Å². The normalized spacial score (nSPS) is 15.5. The van der Waals surface area contributed by atoms with Gasteiger partial charge in [0, 0.05) is 35.5 Å². The van der Waals surface area contributed by atoms with Crippen LogP contribution in [0, 0.1) is 16.8 Å². The molecule has 0 atom stereocenters. The van der Waals surface area contributed by atoms with Gasteiger partial charge < -0.3 is 10.0 Å². The van der Waals surface area contributed by atoms with Crippen molar-refractivity contribution >= 4 is 5.71 Å². The first-order chi connectivity index (χ1) is 16.0. The molecule has 0 unspecified atom stereocenters. The third-order valence-electron chi connectivity index (χ3n) is 5.82. The number of nitrogens with zero attached hydrogens (tertiary/aromatic N) is 4. The molecule has 3 aromatic rings. The Morgan fingerprint density at radius 1 is 1.15 bits per heavy atom. The first kappa shape index (κ1) is 22.8. The van der Waals surface area contributed by atoms with Crippen molar-refractivity contribution in [2.24, 2.45) is 5.16 Å². The maximum absolute atomic E-state index is 13.7. The number of pyridine rings is 2. The molecular weight excluding hydrogens is 426 g/mol. The minimum Gasteiger partial charge on any atom is -0.619 e. The summed E-state index contributed by atoms with van der Waals surface area (Å²) in [5, 5.41) is 15.6. The van der Waals surface area contributed by atoms with Gasteiger partial charge in [0.1, 0.15) is 12.3 Å². The number of oxime groups is 1. The van der Waals surface area contributed by atoms with E-state index in [-0.39, 0.29) is 0 Å². The summed E-state index contributed by atoms with van der Waals surface area (Å²) >= 11 is 0. The molecule has 0 amide bonds. The minimum atomic E-state index is -0.940. The van der Waals surface area contributed by atoms with Crippen LogP contribution in [0.5, 0.6) is 0 Å². The van der Waals surface area contributed by atoms with Crippen LogP contribution in [-0.2, 0) is 11.4 Å². The standard InChI is InChI=1S/C25H26F2N4O2/c1-2-33-29-25(19-6-8-23(26)24(27)14-19)20-5-7-22(28-15-20)17-30-12-9-18(10-13-30)21-4-3-11-31(32)16-21/h3-8,11,14-16,18H,2,9-10,12-13,17H2,1H3/b29-25+. The molecule has 172 valence electrons. The van der Waals surface area contributed by atoms with E-state index in [4.69, 9.17) is 4.84 Å². The van der Waals surface area contributed by atoms with Gasteiger partial charge in [0.2, 0.25) is 0 Å². The molecule has 0 N–H and O–H groups in total. The molecule has 1 aliphatic rings. The molecular formula is C25H26F2N4O2. The van der Waals surface area contributed by atoms with Crippen molar-refractivity contribution < 1.29 is 18.3 Å². The Balaban J connectivity index is 1.41. The molecule has 0 aliphatic carbocycles. The predicted octanol–water partition coefficient (Wildman–Crippen LogP) is 4.16. The molecule has 0 radical (unpaired) electrons. The van der Waals surface area contributed by atoms with Crippen LogP contribution in [0.3, 0.4) is 0 Å². The summed E-state index contributed by atoms with van der Waals surface area (Å²) in [6.45, 7) is 4.72. The highest BCUT2D eigenvalue weighted by Crippen LogP contribution is 2.27. The Morgan fingerprint density at radius 2 is 1.94 bits per heavy atom. The molecule has 6 nitrogen and oxygen atoms in total. The molecule has 0 bridgehead atoms. The zero-order valence-corrected chi connectivity index (χ0v) is 18.5. The van der Waals surface area contributed by atoms with E-state index in [9.17, 15) is 14.0 Å². The summed E-state index contributed by atoms with van der Waals surface area (Å²) in [6.07, 6.45) is 6.82. The zero-order valence-electron chi connectivity index (χ0n) is 18.5. The van der Waals surface area contributed by atoms with Crippen LogP contribution in [0.25, 0.3) is 0 Å². The smallest absolute Gasteiger partial charge is 0.183 e. The van der Waals surface area contributed by atoms with E-state index in [0.717, 1.165) is 54.1 Å². The fraction of sp³-hybridized carbons (Fsp3) is 0.320. The third-order valence-corrected chi connectivity index (χ3v) is 5.82. The minimum absolute atomic E-state index is 0.354. The average molecular weight is 453 g/mol. The Morgan fingerprint density at radius 3 is 2.61 bits per heavy atom. The summed E-state index contributed by atoms with van der Waals surface area (Å²) in [6, 6.07) is 11.2. The number of halogens is 2. The van der Waals surface area contributed by atoms with Gasteiger partial charge in [-0.3, -0.25) is 9.88 Å². The molecule has 2 aromatic heterocycles. The Kier molecular flexibility index (Phi) is 7.24. The van der Waals surface area contributed by atoms with Crippen LogP contribution in [0.1, 0.15) is 48.1 Å². The first-order valence-corrected chi connectivity index (χ1v) is 11.0.